The molecule has 0 heterocycles. The fourth-order valence-corrected chi connectivity index (χ4v) is 5.65. The minimum Gasteiger partial charge on any atom is -0.748 e. The first-order valence-electron chi connectivity index (χ1n) is 17.4. The number of carbonyl (C=O) groups is 2. The van der Waals surface area contributed by atoms with Gasteiger partial charge in [0.25, 0.3) is 0 Å². The van der Waals surface area contributed by atoms with Gasteiger partial charge in [-0.05, 0) is 63.5 Å². The molecule has 0 aliphatic heterocycles. The second-order valence-corrected chi connectivity index (χ2v) is 15.1. The zero-order valence-corrected chi connectivity index (χ0v) is 33.8. The Morgan fingerprint density at radius 2 is 0.809 bits per heavy atom. The van der Waals surface area contributed by atoms with Gasteiger partial charge in [-0.3, -0.25) is 9.59 Å². The van der Waals surface area contributed by atoms with Crippen LogP contribution < -0.4 is 0 Å². The van der Waals surface area contributed by atoms with Gasteiger partial charge in [-0.25, -0.2) is 16.8 Å². The quantitative estimate of drug-likeness (QED) is 0.0380. The molecule has 0 rings (SSSR count). The molecule has 0 unspecified atom stereocenters. The van der Waals surface area contributed by atoms with Crippen LogP contribution in [0.4, 0.5) is 0 Å². The van der Waals surface area contributed by atoms with Crippen LogP contribution >= 0.6 is 0 Å². The van der Waals surface area contributed by atoms with Crippen LogP contribution in [0.5, 0.6) is 0 Å². The number of hydrogen-bond acceptors (Lipinski definition) is 8. The molecule has 0 atom stereocenters. The minimum atomic E-state index is -4.14. The zero-order valence-electron chi connectivity index (χ0n) is 30.0. The number of unbranched alkanes of at least 4 members (excludes halogenated alkanes) is 16. The van der Waals surface area contributed by atoms with E-state index in [1.807, 2.05) is 12.2 Å². The zero-order chi connectivity index (χ0) is 35.1. The third-order valence-electron chi connectivity index (χ3n) is 7.50. The van der Waals surface area contributed by atoms with Crippen molar-refractivity contribution >= 4 is 69.8 Å². The number of allylic oxidation sites excluding steroid dienone is 2. The van der Waals surface area contributed by atoms with Gasteiger partial charge in [-0.15, -0.1) is 0 Å². The smallest absolute Gasteiger partial charge is 0.748 e. The second kappa shape index (κ2) is 34.0. The van der Waals surface area contributed by atoms with E-state index in [0.29, 0.717) is 38.8 Å². The van der Waals surface area contributed by atoms with E-state index in [4.69, 9.17) is 0 Å². The van der Waals surface area contributed by atoms with Crippen LogP contribution in [-0.2, 0) is 29.8 Å². The minimum absolute atomic E-state index is 0. The number of nitrogens with zero attached hydrogens (tertiary/aromatic N) is 2. The Hall–Kier alpha value is -0.500. The maximum Gasteiger partial charge on any atom is 2.00 e. The summed E-state index contributed by atoms with van der Waals surface area (Å²) in [5.74, 6) is -0.859. The maximum absolute atomic E-state index is 11.8. The van der Waals surface area contributed by atoms with Crippen LogP contribution in [0.1, 0.15) is 142 Å². The normalized spacial score (nSPS) is 11.7. The third kappa shape index (κ3) is 41.6. The van der Waals surface area contributed by atoms with Crippen LogP contribution in [-0.4, -0.2) is 124 Å². The van der Waals surface area contributed by atoms with E-state index in [0.717, 1.165) is 25.7 Å². The van der Waals surface area contributed by atoms with Crippen molar-refractivity contribution in [3.63, 3.8) is 0 Å². The Balaban J connectivity index is -0.000000807. The summed E-state index contributed by atoms with van der Waals surface area (Å²) in [4.78, 5) is 26.7. The van der Waals surface area contributed by atoms with Gasteiger partial charge in [0.15, 0.2) is 0 Å². The van der Waals surface area contributed by atoms with Gasteiger partial charge >= 0.3 is 37.7 Å². The van der Waals surface area contributed by atoms with E-state index < -0.39 is 20.2 Å². The molecule has 47 heavy (non-hydrogen) atoms. The largest absolute Gasteiger partial charge is 2.00 e. The first-order valence-corrected chi connectivity index (χ1v) is 20.6. The molecule has 0 aromatic carbocycles. The first-order chi connectivity index (χ1) is 21.7. The van der Waals surface area contributed by atoms with E-state index in [1.54, 1.807) is 36.0 Å². The SMILES string of the molecule is CCCCCCCCC/C=C/C(=O)N(C)CCCCS(=O)(=O)[O-].CCCCCCCCC/C=C/C(=O)N(C)CCCCS(=O)(=O)[O-].[Ca+2]. The van der Waals surface area contributed by atoms with Crippen molar-refractivity contribution in [1.82, 2.24) is 9.80 Å². The molecule has 0 N–H and O–H groups in total. The summed E-state index contributed by atoms with van der Waals surface area (Å²) in [5, 5.41) is 0. The van der Waals surface area contributed by atoms with Crippen molar-refractivity contribution in [3.8, 4) is 0 Å². The summed E-state index contributed by atoms with van der Waals surface area (Å²) in [7, 11) is -4.91. The molecular weight excluding hydrogens is 669 g/mol. The van der Waals surface area contributed by atoms with Crippen LogP contribution in [0.3, 0.4) is 0 Å². The number of hydrogen-bond donors (Lipinski definition) is 0. The molecule has 0 radical (unpaired) electrons. The Kier molecular flexibility index (Phi) is 36.8. The fourth-order valence-electron chi connectivity index (χ4n) is 4.54. The Bertz CT molecular complexity index is 953. The Morgan fingerprint density at radius 1 is 0.511 bits per heavy atom. The van der Waals surface area contributed by atoms with Gasteiger partial charge in [0.2, 0.25) is 11.8 Å². The molecule has 2 amide bonds. The third-order valence-corrected chi connectivity index (χ3v) is 9.08. The molecule has 10 nitrogen and oxygen atoms in total. The van der Waals surface area contributed by atoms with Crippen LogP contribution in [0, 0.1) is 0 Å². The molecule has 0 saturated heterocycles. The summed E-state index contributed by atoms with van der Waals surface area (Å²) >= 11 is 0. The molecule has 0 spiro atoms. The molecule has 0 aliphatic carbocycles. The summed E-state index contributed by atoms with van der Waals surface area (Å²) < 4.78 is 62.8. The predicted octanol–water partition coefficient (Wildman–Crippen LogP) is 6.55. The van der Waals surface area contributed by atoms with E-state index in [1.165, 1.54) is 77.0 Å². The number of likely N-dealkylation sites (N-methyl/N-ethyl adjacent to an activating group) is 2. The van der Waals surface area contributed by atoms with Crippen molar-refractivity contribution in [1.29, 1.82) is 0 Å². The first kappa shape index (κ1) is 50.9. The van der Waals surface area contributed by atoms with Gasteiger partial charge in [0.1, 0.15) is 0 Å². The van der Waals surface area contributed by atoms with E-state index in [9.17, 15) is 35.5 Å². The molecule has 0 saturated carbocycles. The molecule has 0 fully saturated rings. The molecule has 272 valence electrons. The van der Waals surface area contributed by atoms with Crippen molar-refractivity contribution in [3.05, 3.63) is 24.3 Å². The summed E-state index contributed by atoms with van der Waals surface area (Å²) in [6.45, 7) is 5.36. The Morgan fingerprint density at radius 3 is 1.11 bits per heavy atom. The monoisotopic (exact) mass is 732 g/mol. The fraction of sp³-hybridized carbons (Fsp3) is 0.824. The van der Waals surface area contributed by atoms with Crippen molar-refractivity contribution in [2.45, 2.75) is 142 Å². The van der Waals surface area contributed by atoms with Gasteiger partial charge < -0.3 is 18.9 Å². The van der Waals surface area contributed by atoms with Gasteiger partial charge in [0, 0.05) is 38.7 Å². The summed E-state index contributed by atoms with van der Waals surface area (Å²) in [6, 6.07) is 0. The van der Waals surface area contributed by atoms with Gasteiger partial charge in [0.05, 0.1) is 20.2 Å². The summed E-state index contributed by atoms with van der Waals surface area (Å²) in [6.07, 6.45) is 28.1. The van der Waals surface area contributed by atoms with Gasteiger partial charge in [-0.2, -0.15) is 0 Å². The topological polar surface area (TPSA) is 155 Å². The number of amides is 2. The second-order valence-electron chi connectivity index (χ2n) is 12.1. The predicted molar refractivity (Wildman–Crippen MR) is 192 cm³/mol. The standard InChI is InChI=1S/2C17H33NO4S.Ca/c2*1-3-4-5-6-7-8-9-10-11-14-17(19)18(2)15-12-13-16-23(20,21)22;/h2*11,14H,3-10,12-13,15-16H2,1-2H3,(H,20,21,22);/q;;+2/p-2/b2*14-11+;. The number of carbonyl (C=O) groups excluding carboxylic acids is 2. The van der Waals surface area contributed by atoms with E-state index >= 15 is 0 Å². The van der Waals surface area contributed by atoms with Crippen LogP contribution in [0.25, 0.3) is 0 Å². The Labute approximate surface area is 318 Å². The molecule has 0 bridgehead atoms. The van der Waals surface area contributed by atoms with E-state index in [-0.39, 0.29) is 61.1 Å². The average molecular weight is 733 g/mol. The van der Waals surface area contributed by atoms with Gasteiger partial charge in [-0.1, -0.05) is 103 Å². The van der Waals surface area contributed by atoms with E-state index in [2.05, 4.69) is 13.8 Å². The molecule has 0 aromatic heterocycles. The van der Waals surface area contributed by atoms with Crippen molar-refractivity contribution in [2.24, 2.45) is 0 Å². The van der Waals surface area contributed by atoms with Crippen LogP contribution in [0.2, 0.25) is 0 Å². The van der Waals surface area contributed by atoms with Crippen LogP contribution in [0.15, 0.2) is 24.3 Å². The van der Waals surface area contributed by atoms with Crippen molar-refractivity contribution in [2.75, 3.05) is 38.7 Å². The molecular formula is C34H64CaN2O8S2. The summed E-state index contributed by atoms with van der Waals surface area (Å²) in [5.41, 5.74) is 0. The van der Waals surface area contributed by atoms with Crippen molar-refractivity contribution < 1.29 is 35.5 Å². The average Bonchev–Trinajstić information content (AvgIpc) is 2.98. The maximum atomic E-state index is 11.8. The number of rotatable bonds is 28. The molecule has 0 aliphatic rings. The molecule has 0 aromatic rings. The molecule has 13 heteroatoms.